The lowest BCUT2D eigenvalue weighted by molar-refractivity contribution is -0.128. The van der Waals surface area contributed by atoms with Crippen LogP contribution in [0.1, 0.15) is 19.8 Å². The predicted molar refractivity (Wildman–Crippen MR) is 107 cm³/mol. The minimum atomic E-state index is -0.513. The Bertz CT molecular complexity index is 874. The van der Waals surface area contributed by atoms with Gasteiger partial charge >= 0.3 is 0 Å². The third-order valence-electron chi connectivity index (χ3n) is 4.69. The molecule has 1 fully saturated rings. The van der Waals surface area contributed by atoms with Crippen molar-refractivity contribution >= 4 is 32.7 Å². The van der Waals surface area contributed by atoms with Gasteiger partial charge in [0, 0.05) is 25.3 Å². The van der Waals surface area contributed by atoms with E-state index in [4.69, 9.17) is 4.74 Å². The number of piperidine rings is 1. The van der Waals surface area contributed by atoms with Crippen molar-refractivity contribution < 1.29 is 9.53 Å². The van der Waals surface area contributed by atoms with Gasteiger partial charge in [-0.05, 0) is 44.0 Å². The SMILES string of the molecule is CC(Oc1ccccc1)C(=O)NC1CCN(c2nc3cccnc3s2)CC1. The molecule has 27 heavy (non-hydrogen) atoms. The van der Waals surface area contributed by atoms with Crippen molar-refractivity contribution in [3.05, 3.63) is 48.7 Å². The van der Waals surface area contributed by atoms with Crippen LogP contribution in [0.15, 0.2) is 48.7 Å². The zero-order valence-corrected chi connectivity index (χ0v) is 16.0. The molecule has 1 unspecified atom stereocenters. The summed E-state index contributed by atoms with van der Waals surface area (Å²) >= 11 is 1.62. The number of pyridine rings is 1. The molecular weight excluding hydrogens is 360 g/mol. The van der Waals surface area contributed by atoms with E-state index in [1.54, 1.807) is 24.5 Å². The number of thiazole rings is 1. The van der Waals surface area contributed by atoms with E-state index in [0.717, 1.165) is 41.4 Å². The van der Waals surface area contributed by atoms with Crippen molar-refractivity contribution in [2.75, 3.05) is 18.0 Å². The molecule has 0 bridgehead atoms. The Hall–Kier alpha value is -2.67. The average molecular weight is 382 g/mol. The lowest BCUT2D eigenvalue weighted by Crippen LogP contribution is -2.48. The number of benzene rings is 1. The molecule has 140 valence electrons. The zero-order chi connectivity index (χ0) is 18.6. The standard InChI is InChI=1S/C20H22N4O2S/c1-14(26-16-6-3-2-4-7-16)18(25)22-15-9-12-24(13-10-15)20-23-17-8-5-11-21-19(17)27-20/h2-8,11,14-15H,9-10,12-13H2,1H3,(H,22,25). The number of hydrogen-bond donors (Lipinski definition) is 1. The molecule has 0 spiro atoms. The predicted octanol–water partition coefficient (Wildman–Crippen LogP) is 3.24. The van der Waals surface area contributed by atoms with E-state index in [2.05, 4.69) is 20.2 Å². The fraction of sp³-hybridized carbons (Fsp3) is 0.350. The fourth-order valence-electron chi connectivity index (χ4n) is 3.18. The molecule has 1 aliphatic heterocycles. The van der Waals surface area contributed by atoms with Crippen LogP contribution in [0, 0.1) is 0 Å². The van der Waals surface area contributed by atoms with Crippen LogP contribution in [0.2, 0.25) is 0 Å². The number of amides is 1. The molecule has 3 heterocycles. The van der Waals surface area contributed by atoms with Crippen molar-refractivity contribution in [1.82, 2.24) is 15.3 Å². The summed E-state index contributed by atoms with van der Waals surface area (Å²) < 4.78 is 5.70. The van der Waals surface area contributed by atoms with E-state index >= 15 is 0 Å². The summed E-state index contributed by atoms with van der Waals surface area (Å²) in [6, 6.07) is 13.5. The van der Waals surface area contributed by atoms with Gasteiger partial charge in [-0.25, -0.2) is 9.97 Å². The monoisotopic (exact) mass is 382 g/mol. The molecule has 6 nitrogen and oxygen atoms in total. The van der Waals surface area contributed by atoms with E-state index in [1.165, 1.54) is 0 Å². The van der Waals surface area contributed by atoms with Gasteiger partial charge in [-0.15, -0.1) is 0 Å². The van der Waals surface area contributed by atoms with Gasteiger partial charge in [-0.3, -0.25) is 4.79 Å². The van der Waals surface area contributed by atoms with Crippen LogP contribution in [-0.4, -0.2) is 41.1 Å². The maximum atomic E-state index is 12.4. The number of carbonyl (C=O) groups excluding carboxylic acids is 1. The van der Waals surface area contributed by atoms with Crippen LogP contribution in [0.4, 0.5) is 5.13 Å². The number of nitrogens with zero attached hydrogens (tertiary/aromatic N) is 3. The molecule has 1 N–H and O–H groups in total. The van der Waals surface area contributed by atoms with Gasteiger partial charge in [-0.1, -0.05) is 29.5 Å². The molecule has 0 aliphatic carbocycles. The highest BCUT2D eigenvalue weighted by molar-refractivity contribution is 7.21. The molecule has 1 saturated heterocycles. The summed E-state index contributed by atoms with van der Waals surface area (Å²) in [5.74, 6) is 0.640. The van der Waals surface area contributed by atoms with Crippen LogP contribution in [0.25, 0.3) is 10.3 Å². The molecule has 1 aromatic carbocycles. The highest BCUT2D eigenvalue weighted by Crippen LogP contribution is 2.29. The number of fused-ring (bicyclic) bond motifs is 1. The number of carbonyl (C=O) groups is 1. The third-order valence-corrected chi connectivity index (χ3v) is 5.73. The van der Waals surface area contributed by atoms with Gasteiger partial charge in [0.05, 0.1) is 0 Å². The minimum absolute atomic E-state index is 0.0681. The fourth-order valence-corrected chi connectivity index (χ4v) is 4.14. The van der Waals surface area contributed by atoms with Crippen LogP contribution in [-0.2, 0) is 4.79 Å². The maximum Gasteiger partial charge on any atom is 0.260 e. The van der Waals surface area contributed by atoms with Crippen molar-refractivity contribution in [3.63, 3.8) is 0 Å². The topological polar surface area (TPSA) is 67.3 Å². The van der Waals surface area contributed by atoms with E-state index in [0.29, 0.717) is 5.75 Å². The van der Waals surface area contributed by atoms with Crippen LogP contribution < -0.4 is 15.0 Å². The maximum absolute atomic E-state index is 12.4. The largest absolute Gasteiger partial charge is 0.481 e. The van der Waals surface area contributed by atoms with Gasteiger partial charge in [-0.2, -0.15) is 0 Å². The Morgan fingerprint density at radius 3 is 2.74 bits per heavy atom. The molecule has 2 aromatic heterocycles. The number of hydrogen-bond acceptors (Lipinski definition) is 6. The Labute approximate surface area is 162 Å². The third kappa shape index (κ3) is 4.19. The van der Waals surface area contributed by atoms with Crippen molar-refractivity contribution in [1.29, 1.82) is 0 Å². The second-order valence-electron chi connectivity index (χ2n) is 6.67. The number of anilines is 1. The average Bonchev–Trinajstić information content (AvgIpc) is 3.13. The zero-order valence-electron chi connectivity index (χ0n) is 15.2. The number of rotatable bonds is 5. The van der Waals surface area contributed by atoms with E-state index in [1.807, 2.05) is 42.5 Å². The number of ether oxygens (including phenoxy) is 1. The lowest BCUT2D eigenvalue weighted by atomic mass is 10.1. The van der Waals surface area contributed by atoms with E-state index < -0.39 is 6.10 Å². The highest BCUT2D eigenvalue weighted by atomic mass is 32.1. The molecule has 4 rings (SSSR count). The molecule has 0 saturated carbocycles. The summed E-state index contributed by atoms with van der Waals surface area (Å²) in [5, 5.41) is 4.13. The molecule has 7 heteroatoms. The molecule has 1 aliphatic rings. The summed E-state index contributed by atoms with van der Waals surface area (Å²) in [7, 11) is 0. The first kappa shape index (κ1) is 17.7. The quantitative estimate of drug-likeness (QED) is 0.734. The van der Waals surface area contributed by atoms with Gasteiger partial charge < -0.3 is 15.0 Å². The molecule has 0 radical (unpaired) electrons. The Morgan fingerprint density at radius 1 is 1.22 bits per heavy atom. The first-order chi connectivity index (χ1) is 13.2. The van der Waals surface area contributed by atoms with Crippen LogP contribution in [0.3, 0.4) is 0 Å². The molecule has 3 aromatic rings. The Morgan fingerprint density at radius 2 is 2.00 bits per heavy atom. The van der Waals surface area contributed by atoms with E-state index in [-0.39, 0.29) is 11.9 Å². The second kappa shape index (κ2) is 7.92. The smallest absolute Gasteiger partial charge is 0.260 e. The Balaban J connectivity index is 1.29. The van der Waals surface area contributed by atoms with Gasteiger partial charge in [0.15, 0.2) is 11.2 Å². The van der Waals surface area contributed by atoms with Crippen molar-refractivity contribution in [3.8, 4) is 5.75 Å². The second-order valence-corrected chi connectivity index (χ2v) is 7.62. The van der Waals surface area contributed by atoms with Crippen LogP contribution >= 0.6 is 11.3 Å². The van der Waals surface area contributed by atoms with Crippen molar-refractivity contribution in [2.45, 2.75) is 31.9 Å². The molecule has 1 atom stereocenters. The molecule has 1 amide bonds. The number of para-hydroxylation sites is 1. The summed E-state index contributed by atoms with van der Waals surface area (Å²) in [6.07, 6.45) is 3.08. The first-order valence-corrected chi connectivity index (χ1v) is 9.99. The number of nitrogens with one attached hydrogen (secondary N) is 1. The van der Waals surface area contributed by atoms with Gasteiger partial charge in [0.25, 0.3) is 5.91 Å². The normalized spacial score (nSPS) is 16.3. The molecular formula is C20H22N4O2S. The lowest BCUT2D eigenvalue weighted by Gasteiger charge is -2.32. The summed E-state index contributed by atoms with van der Waals surface area (Å²) in [4.78, 5) is 24.7. The summed E-state index contributed by atoms with van der Waals surface area (Å²) in [6.45, 7) is 3.53. The highest BCUT2D eigenvalue weighted by Gasteiger charge is 2.25. The van der Waals surface area contributed by atoms with E-state index in [9.17, 15) is 4.79 Å². The van der Waals surface area contributed by atoms with Crippen LogP contribution in [0.5, 0.6) is 5.75 Å². The number of aromatic nitrogens is 2. The summed E-state index contributed by atoms with van der Waals surface area (Å²) in [5.41, 5.74) is 0.944. The minimum Gasteiger partial charge on any atom is -0.481 e. The van der Waals surface area contributed by atoms with Gasteiger partial charge in [0.2, 0.25) is 0 Å². The Kier molecular flexibility index (Phi) is 5.20. The van der Waals surface area contributed by atoms with Crippen molar-refractivity contribution in [2.24, 2.45) is 0 Å². The first-order valence-electron chi connectivity index (χ1n) is 9.17. The van der Waals surface area contributed by atoms with Gasteiger partial charge in [0.1, 0.15) is 16.1 Å².